The molecule has 0 aliphatic rings. The molecule has 0 spiro atoms. The van der Waals surface area contributed by atoms with Crippen LogP contribution in [-0.2, 0) is 28.6 Å². The Hall–Kier alpha value is -3.41. The van der Waals surface area contributed by atoms with E-state index in [0.717, 1.165) is 83.5 Å². The highest BCUT2D eigenvalue weighted by Crippen LogP contribution is 2.18. The van der Waals surface area contributed by atoms with Crippen LogP contribution >= 0.6 is 0 Å². The van der Waals surface area contributed by atoms with Gasteiger partial charge in [-0.15, -0.1) is 0 Å². The topological polar surface area (TPSA) is 78.9 Å². The largest absolute Gasteiger partial charge is 0.462 e. The van der Waals surface area contributed by atoms with Gasteiger partial charge in [-0.05, 0) is 83.5 Å². The first-order chi connectivity index (χ1) is 40.0. The molecule has 0 aromatic carbocycles. The summed E-state index contributed by atoms with van der Waals surface area (Å²) in [6.45, 7) is 6.51. The molecule has 0 bridgehead atoms. The van der Waals surface area contributed by atoms with Gasteiger partial charge in [0.1, 0.15) is 13.2 Å². The maximum absolute atomic E-state index is 12.9. The number of ether oxygens (including phenoxy) is 3. The van der Waals surface area contributed by atoms with E-state index in [9.17, 15) is 14.4 Å². The maximum atomic E-state index is 12.9. The summed E-state index contributed by atoms with van der Waals surface area (Å²) in [7, 11) is 0. The van der Waals surface area contributed by atoms with Gasteiger partial charge in [-0.1, -0.05) is 337 Å². The molecule has 0 heterocycles. The first kappa shape index (κ1) is 77.6. The molecule has 1 atom stereocenters. The van der Waals surface area contributed by atoms with Crippen molar-refractivity contribution < 1.29 is 28.6 Å². The van der Waals surface area contributed by atoms with Gasteiger partial charge in [-0.25, -0.2) is 0 Å². The fourth-order valence-electron chi connectivity index (χ4n) is 10.2. The second-order valence-corrected chi connectivity index (χ2v) is 23.4. The number of carbonyl (C=O) groups is 3. The summed E-state index contributed by atoms with van der Waals surface area (Å²) < 4.78 is 16.9. The van der Waals surface area contributed by atoms with Crippen LogP contribution in [0.3, 0.4) is 0 Å². The molecule has 6 heteroatoms. The Morgan fingerprint density at radius 1 is 0.259 bits per heavy atom. The molecular weight excluding hydrogens is 997 g/mol. The summed E-state index contributed by atoms with van der Waals surface area (Å²) in [6.07, 6.45) is 92.0. The third kappa shape index (κ3) is 67.3. The van der Waals surface area contributed by atoms with Gasteiger partial charge in [-0.3, -0.25) is 14.4 Å². The average molecular weight is 1130 g/mol. The minimum atomic E-state index is -0.821. The Balaban J connectivity index is 4.34. The molecule has 0 aromatic heterocycles. The zero-order valence-corrected chi connectivity index (χ0v) is 53.8. The molecule has 0 amide bonds. The number of rotatable bonds is 64. The van der Waals surface area contributed by atoms with Crippen molar-refractivity contribution in [2.45, 2.75) is 361 Å². The molecule has 0 saturated heterocycles. The lowest BCUT2D eigenvalue weighted by atomic mass is 10.0. The second-order valence-electron chi connectivity index (χ2n) is 23.4. The van der Waals surface area contributed by atoms with Crippen molar-refractivity contribution in [1.82, 2.24) is 0 Å². The van der Waals surface area contributed by atoms with E-state index in [-0.39, 0.29) is 37.5 Å². The summed E-state index contributed by atoms with van der Waals surface area (Å²) >= 11 is 0. The molecule has 0 aliphatic heterocycles. The molecule has 0 rings (SSSR count). The monoisotopic (exact) mass is 1130 g/mol. The average Bonchev–Trinajstić information content (AvgIpc) is 3.47. The summed E-state index contributed by atoms with van der Waals surface area (Å²) in [5.41, 5.74) is 0. The lowest BCUT2D eigenvalue weighted by molar-refractivity contribution is -0.166. The van der Waals surface area contributed by atoms with Crippen molar-refractivity contribution in [1.29, 1.82) is 0 Å². The van der Waals surface area contributed by atoms with E-state index in [0.29, 0.717) is 19.3 Å². The highest BCUT2D eigenvalue weighted by Gasteiger charge is 2.19. The zero-order valence-electron chi connectivity index (χ0n) is 53.8. The van der Waals surface area contributed by atoms with Crippen LogP contribution in [0.5, 0.6) is 0 Å². The minimum Gasteiger partial charge on any atom is -0.462 e. The van der Waals surface area contributed by atoms with Crippen molar-refractivity contribution in [3.63, 3.8) is 0 Å². The van der Waals surface area contributed by atoms with Crippen LogP contribution in [0.4, 0.5) is 0 Å². The van der Waals surface area contributed by atoms with Crippen molar-refractivity contribution in [3.8, 4) is 0 Å². The fourth-order valence-corrected chi connectivity index (χ4v) is 10.2. The van der Waals surface area contributed by atoms with Crippen molar-refractivity contribution in [2.24, 2.45) is 0 Å². The molecule has 0 radical (unpaired) electrons. The lowest BCUT2D eigenvalue weighted by Gasteiger charge is -2.18. The van der Waals surface area contributed by atoms with Crippen molar-refractivity contribution in [2.75, 3.05) is 13.2 Å². The van der Waals surface area contributed by atoms with E-state index in [1.54, 1.807) is 0 Å². The van der Waals surface area contributed by atoms with Crippen LogP contribution in [0, 0.1) is 0 Å². The van der Waals surface area contributed by atoms with Crippen LogP contribution in [0.15, 0.2) is 85.1 Å². The van der Waals surface area contributed by atoms with Crippen LogP contribution < -0.4 is 0 Å². The second kappa shape index (κ2) is 69.1. The number of unbranched alkanes of at least 4 members (excludes halogenated alkanes) is 39. The Morgan fingerprint density at radius 2 is 0.506 bits per heavy atom. The molecule has 6 nitrogen and oxygen atoms in total. The molecule has 0 saturated carbocycles. The smallest absolute Gasteiger partial charge is 0.306 e. The van der Waals surface area contributed by atoms with Gasteiger partial charge in [0.25, 0.3) is 0 Å². The zero-order chi connectivity index (χ0) is 58.5. The van der Waals surface area contributed by atoms with E-state index in [1.807, 2.05) is 6.08 Å². The standard InChI is InChI=1S/C75H132O6/c1-4-7-10-13-16-19-22-25-28-31-33-34-35-36-37-38-39-40-41-43-44-47-50-53-56-59-62-65-68-74(77)80-71-72(70-79-73(76)67-64-61-58-55-52-49-46-30-27-24-21-18-15-12-9-6-3)81-75(78)69-66-63-60-57-54-51-48-45-42-32-29-26-23-20-17-14-11-8-5-2/h8,11,17,20,26,29-30,42,45-46,51,54,60,63,72H,4-7,9-10,12-16,18-19,21-25,27-28,31-41,43-44,47-50,52-53,55-59,61-62,64-71H2,1-3H3/b11-8-,20-17-,29-26-,45-42-,46-30-,54-51-,63-60-. The maximum Gasteiger partial charge on any atom is 0.306 e. The highest BCUT2D eigenvalue weighted by molar-refractivity contribution is 5.71. The molecule has 1 unspecified atom stereocenters. The number of esters is 3. The number of hydrogen-bond donors (Lipinski definition) is 0. The normalized spacial score (nSPS) is 12.6. The van der Waals surface area contributed by atoms with E-state index >= 15 is 0 Å². The van der Waals surface area contributed by atoms with E-state index < -0.39 is 6.10 Å². The third-order valence-electron chi connectivity index (χ3n) is 15.4. The predicted molar refractivity (Wildman–Crippen MR) is 353 cm³/mol. The fraction of sp³-hybridized carbons (Fsp3) is 0.773. The van der Waals surface area contributed by atoms with Crippen LogP contribution in [0.2, 0.25) is 0 Å². The van der Waals surface area contributed by atoms with Crippen molar-refractivity contribution >= 4 is 17.9 Å². The quantitative estimate of drug-likeness (QED) is 0.0261. The Kier molecular flexibility index (Phi) is 66.2. The number of carbonyl (C=O) groups excluding carboxylic acids is 3. The summed E-state index contributed by atoms with van der Waals surface area (Å²) in [5.74, 6) is -0.983. The summed E-state index contributed by atoms with van der Waals surface area (Å²) in [4.78, 5) is 38.4. The van der Waals surface area contributed by atoms with Gasteiger partial charge < -0.3 is 14.2 Å². The van der Waals surface area contributed by atoms with Gasteiger partial charge in [0.05, 0.1) is 0 Å². The number of hydrogen-bond acceptors (Lipinski definition) is 6. The Bertz CT molecular complexity index is 1530. The first-order valence-electron chi connectivity index (χ1n) is 35.1. The van der Waals surface area contributed by atoms with Gasteiger partial charge in [0.15, 0.2) is 6.10 Å². The third-order valence-corrected chi connectivity index (χ3v) is 15.4. The molecule has 81 heavy (non-hydrogen) atoms. The van der Waals surface area contributed by atoms with Crippen LogP contribution in [0.25, 0.3) is 0 Å². The van der Waals surface area contributed by atoms with E-state index in [1.165, 1.54) is 225 Å². The highest BCUT2D eigenvalue weighted by atomic mass is 16.6. The molecule has 0 N–H and O–H groups in total. The van der Waals surface area contributed by atoms with Gasteiger partial charge in [0, 0.05) is 19.3 Å². The minimum absolute atomic E-state index is 0.106. The lowest BCUT2D eigenvalue weighted by Crippen LogP contribution is -2.30. The van der Waals surface area contributed by atoms with Gasteiger partial charge >= 0.3 is 17.9 Å². The van der Waals surface area contributed by atoms with Crippen LogP contribution in [0.1, 0.15) is 355 Å². The van der Waals surface area contributed by atoms with Gasteiger partial charge in [0.2, 0.25) is 0 Å². The summed E-state index contributed by atoms with van der Waals surface area (Å²) in [5, 5.41) is 0. The van der Waals surface area contributed by atoms with Crippen molar-refractivity contribution in [3.05, 3.63) is 85.1 Å². The Morgan fingerprint density at radius 3 is 0.802 bits per heavy atom. The van der Waals surface area contributed by atoms with Gasteiger partial charge in [-0.2, -0.15) is 0 Å². The SMILES string of the molecule is CC/C=C\C/C=C\C/C=C\C/C=C\C/C=C\C/C=C\CCC(=O)OC(COC(=O)CCCCCCC/C=C\CCCCCCCCC)COC(=O)CCCCCCCCCCCCCCCCCCCCCCCCCCCCCC. The molecule has 0 fully saturated rings. The molecule has 468 valence electrons. The van der Waals surface area contributed by atoms with Crippen LogP contribution in [-0.4, -0.2) is 37.2 Å². The Labute approximate surface area is 503 Å². The van der Waals surface area contributed by atoms with E-state index in [2.05, 4.69) is 99.8 Å². The molecular formula is C75H132O6. The predicted octanol–water partition coefficient (Wildman–Crippen LogP) is 24.2. The molecule has 0 aromatic rings. The summed E-state index contributed by atoms with van der Waals surface area (Å²) in [6, 6.07) is 0. The van der Waals surface area contributed by atoms with E-state index in [4.69, 9.17) is 14.2 Å². The first-order valence-corrected chi connectivity index (χ1v) is 35.1. The number of allylic oxidation sites excluding steroid dienone is 14. The molecule has 0 aliphatic carbocycles.